The van der Waals surface area contributed by atoms with Crippen molar-refractivity contribution in [2.45, 2.75) is 39.2 Å². The molecule has 0 aliphatic rings. The Morgan fingerprint density at radius 3 is 2.45 bits per heavy atom. The smallest absolute Gasteiger partial charge is 0.323 e. The summed E-state index contributed by atoms with van der Waals surface area (Å²) in [6.45, 7) is 5.46. The second kappa shape index (κ2) is 3.72. The van der Waals surface area contributed by atoms with Gasteiger partial charge in [-0.2, -0.15) is 0 Å². The van der Waals surface area contributed by atoms with Crippen molar-refractivity contribution in [2.75, 3.05) is 0 Å². The zero-order valence-electron chi connectivity index (χ0n) is 7.42. The molecule has 3 heteroatoms. The first-order valence-electron chi connectivity index (χ1n) is 3.95. The first kappa shape index (κ1) is 10.4. The maximum absolute atomic E-state index is 10.6. The van der Waals surface area contributed by atoms with Crippen LogP contribution >= 0.6 is 0 Å². The third-order valence-electron chi connectivity index (χ3n) is 2.21. The van der Waals surface area contributed by atoms with Crippen LogP contribution in [0.5, 0.6) is 0 Å². The summed E-state index contributed by atoms with van der Waals surface area (Å²) in [5.41, 5.74) is 4.52. The highest BCUT2D eigenvalue weighted by molar-refractivity contribution is 5.78. The molecule has 0 bridgehead atoms. The Labute approximate surface area is 67.6 Å². The van der Waals surface area contributed by atoms with Gasteiger partial charge in [0, 0.05) is 0 Å². The summed E-state index contributed by atoms with van der Waals surface area (Å²) in [5, 5.41) is 8.71. The van der Waals surface area contributed by atoms with Crippen LogP contribution in [0.15, 0.2) is 0 Å². The number of hydrogen-bond acceptors (Lipinski definition) is 2. The largest absolute Gasteiger partial charge is 0.480 e. The summed E-state index contributed by atoms with van der Waals surface area (Å²) in [5.74, 6) is -0.886. The van der Waals surface area contributed by atoms with Crippen molar-refractivity contribution in [1.82, 2.24) is 0 Å². The number of carbonyl (C=O) groups is 1. The summed E-state index contributed by atoms with van der Waals surface area (Å²) in [6, 6.07) is 0. The van der Waals surface area contributed by atoms with Crippen molar-refractivity contribution < 1.29 is 9.90 Å². The lowest BCUT2D eigenvalue weighted by Gasteiger charge is -2.26. The highest BCUT2D eigenvalue weighted by Gasteiger charge is 2.33. The van der Waals surface area contributed by atoms with Crippen molar-refractivity contribution in [2.24, 2.45) is 11.7 Å². The van der Waals surface area contributed by atoms with Crippen molar-refractivity contribution >= 4 is 5.97 Å². The molecule has 2 atom stereocenters. The molecule has 0 aliphatic carbocycles. The summed E-state index contributed by atoms with van der Waals surface area (Å²) in [6.07, 6.45) is 1.83. The third-order valence-corrected chi connectivity index (χ3v) is 2.21. The fourth-order valence-corrected chi connectivity index (χ4v) is 0.944. The molecule has 0 aromatic carbocycles. The average Bonchev–Trinajstić information content (AvgIpc) is 1.88. The van der Waals surface area contributed by atoms with Crippen molar-refractivity contribution in [3.8, 4) is 0 Å². The van der Waals surface area contributed by atoms with Crippen LogP contribution < -0.4 is 5.73 Å². The van der Waals surface area contributed by atoms with Gasteiger partial charge in [0.1, 0.15) is 5.54 Å². The Bertz CT molecular complexity index is 143. The molecule has 0 saturated carbocycles. The molecule has 0 saturated heterocycles. The van der Waals surface area contributed by atoms with Gasteiger partial charge in [-0.25, -0.2) is 0 Å². The van der Waals surface area contributed by atoms with Gasteiger partial charge in [-0.05, 0) is 19.3 Å². The van der Waals surface area contributed by atoms with Crippen molar-refractivity contribution in [1.29, 1.82) is 0 Å². The van der Waals surface area contributed by atoms with Crippen molar-refractivity contribution in [3.05, 3.63) is 0 Å². The van der Waals surface area contributed by atoms with Crippen LogP contribution in [0.4, 0.5) is 0 Å². The van der Waals surface area contributed by atoms with E-state index in [-0.39, 0.29) is 5.92 Å². The molecule has 0 aromatic heterocycles. The lowest BCUT2D eigenvalue weighted by Crippen LogP contribution is -2.50. The van der Waals surface area contributed by atoms with Gasteiger partial charge >= 0.3 is 5.97 Å². The normalized spacial score (nSPS) is 18.9. The van der Waals surface area contributed by atoms with Gasteiger partial charge in [0.2, 0.25) is 0 Å². The number of hydrogen-bond donors (Lipinski definition) is 2. The SMILES string of the molecule is CCCC(C)[C@](C)(N)C(=O)O. The van der Waals surface area contributed by atoms with Crippen LogP contribution in [0.25, 0.3) is 0 Å². The van der Waals surface area contributed by atoms with E-state index in [1.54, 1.807) is 6.92 Å². The molecule has 0 heterocycles. The fourth-order valence-electron chi connectivity index (χ4n) is 0.944. The van der Waals surface area contributed by atoms with Crippen LogP contribution in [0, 0.1) is 5.92 Å². The van der Waals surface area contributed by atoms with E-state index in [4.69, 9.17) is 10.8 Å². The Balaban J connectivity index is 4.17. The van der Waals surface area contributed by atoms with E-state index >= 15 is 0 Å². The summed E-state index contributed by atoms with van der Waals surface area (Å²) in [4.78, 5) is 10.6. The second-order valence-electron chi connectivity index (χ2n) is 3.28. The van der Waals surface area contributed by atoms with Gasteiger partial charge in [-0.3, -0.25) is 4.79 Å². The first-order valence-corrected chi connectivity index (χ1v) is 3.95. The van der Waals surface area contributed by atoms with E-state index in [1.165, 1.54) is 0 Å². The maximum Gasteiger partial charge on any atom is 0.323 e. The Morgan fingerprint density at radius 1 is 1.73 bits per heavy atom. The molecular formula is C8H17NO2. The molecule has 1 unspecified atom stereocenters. The van der Waals surface area contributed by atoms with Gasteiger partial charge in [0.15, 0.2) is 0 Å². The summed E-state index contributed by atoms with van der Waals surface area (Å²) < 4.78 is 0. The maximum atomic E-state index is 10.6. The van der Waals surface area contributed by atoms with Gasteiger partial charge < -0.3 is 10.8 Å². The Hall–Kier alpha value is -0.570. The minimum absolute atomic E-state index is 0.0324. The van der Waals surface area contributed by atoms with Crippen LogP contribution in [0.3, 0.4) is 0 Å². The number of aliphatic carboxylic acids is 1. The molecule has 11 heavy (non-hydrogen) atoms. The highest BCUT2D eigenvalue weighted by Crippen LogP contribution is 2.18. The molecule has 0 radical (unpaired) electrons. The topological polar surface area (TPSA) is 63.3 Å². The van der Waals surface area contributed by atoms with E-state index in [0.29, 0.717) is 0 Å². The van der Waals surface area contributed by atoms with Crippen LogP contribution in [0.2, 0.25) is 0 Å². The van der Waals surface area contributed by atoms with Crippen LogP contribution in [-0.4, -0.2) is 16.6 Å². The number of carboxylic acid groups (broad SMARTS) is 1. The lowest BCUT2D eigenvalue weighted by atomic mass is 9.85. The van der Waals surface area contributed by atoms with Crippen LogP contribution in [-0.2, 0) is 4.79 Å². The molecule has 3 N–H and O–H groups in total. The monoisotopic (exact) mass is 159 g/mol. The fraction of sp³-hybridized carbons (Fsp3) is 0.875. The first-order chi connectivity index (χ1) is 4.92. The second-order valence-corrected chi connectivity index (χ2v) is 3.28. The number of nitrogens with two attached hydrogens (primary N) is 1. The molecule has 0 fully saturated rings. The molecule has 0 spiro atoms. The van der Waals surface area contributed by atoms with E-state index < -0.39 is 11.5 Å². The lowest BCUT2D eigenvalue weighted by molar-refractivity contribution is -0.144. The predicted molar refractivity (Wildman–Crippen MR) is 44.3 cm³/mol. The van der Waals surface area contributed by atoms with Gasteiger partial charge in [0.05, 0.1) is 0 Å². The number of rotatable bonds is 4. The predicted octanol–water partition coefficient (Wildman–Crippen LogP) is 1.22. The molecule has 66 valence electrons. The zero-order valence-corrected chi connectivity index (χ0v) is 7.42. The molecular weight excluding hydrogens is 142 g/mol. The quantitative estimate of drug-likeness (QED) is 0.648. The van der Waals surface area contributed by atoms with Gasteiger partial charge in [0.25, 0.3) is 0 Å². The van der Waals surface area contributed by atoms with E-state index in [9.17, 15) is 4.79 Å². The van der Waals surface area contributed by atoms with Gasteiger partial charge in [-0.1, -0.05) is 20.3 Å². The van der Waals surface area contributed by atoms with E-state index in [2.05, 4.69) is 0 Å². The summed E-state index contributed by atoms with van der Waals surface area (Å²) >= 11 is 0. The van der Waals surface area contributed by atoms with Crippen LogP contribution in [0.1, 0.15) is 33.6 Å². The molecule has 0 aliphatic heterocycles. The van der Waals surface area contributed by atoms with E-state index in [0.717, 1.165) is 12.8 Å². The highest BCUT2D eigenvalue weighted by atomic mass is 16.4. The Morgan fingerprint density at radius 2 is 2.18 bits per heavy atom. The Kier molecular flexibility index (Phi) is 3.52. The zero-order chi connectivity index (χ0) is 9.07. The molecule has 0 amide bonds. The van der Waals surface area contributed by atoms with Crippen molar-refractivity contribution in [3.63, 3.8) is 0 Å². The average molecular weight is 159 g/mol. The molecule has 3 nitrogen and oxygen atoms in total. The third kappa shape index (κ3) is 2.50. The minimum Gasteiger partial charge on any atom is -0.480 e. The minimum atomic E-state index is -1.07. The summed E-state index contributed by atoms with van der Waals surface area (Å²) in [7, 11) is 0. The van der Waals surface area contributed by atoms with Gasteiger partial charge in [-0.15, -0.1) is 0 Å². The standard InChI is InChI=1S/C8H17NO2/c1-4-5-6(2)8(3,9)7(10)11/h6H,4-5,9H2,1-3H3,(H,10,11)/t6?,8-/m0/s1. The molecule has 0 aromatic rings. The molecule has 0 rings (SSSR count). The number of carboxylic acids is 1. The van der Waals surface area contributed by atoms with E-state index in [1.807, 2.05) is 13.8 Å².